The van der Waals surface area contributed by atoms with E-state index in [4.69, 9.17) is 23.2 Å². The molecule has 0 amide bonds. The quantitative estimate of drug-likeness (QED) is 0.433. The van der Waals surface area contributed by atoms with Crippen LogP contribution in [0.25, 0.3) is 10.3 Å². The number of thiazole rings is 1. The highest BCUT2D eigenvalue weighted by Gasteiger charge is 2.09. The number of nitrogens with one attached hydrogen (secondary N) is 1. The van der Waals surface area contributed by atoms with Gasteiger partial charge in [-0.25, -0.2) is 15.0 Å². The summed E-state index contributed by atoms with van der Waals surface area (Å²) in [7, 11) is 0. The van der Waals surface area contributed by atoms with Gasteiger partial charge >= 0.3 is 0 Å². The zero-order valence-electron chi connectivity index (χ0n) is 12.6. The standard InChI is InChI=1S/C17H10Cl2N4S2/c18-11-3-1-4-12(19)15(11)24-10-6-8-20-14(9-10)23-17-22-13-5-2-7-21-16(13)25-17/h1-9H,(H,20,22,23). The third-order valence-corrected chi connectivity index (χ3v) is 6.15. The van der Waals surface area contributed by atoms with Crippen LogP contribution in [0.3, 0.4) is 0 Å². The minimum atomic E-state index is 0.626. The molecule has 3 aromatic heterocycles. The smallest absolute Gasteiger partial charge is 0.190 e. The Balaban J connectivity index is 1.59. The van der Waals surface area contributed by atoms with E-state index < -0.39 is 0 Å². The summed E-state index contributed by atoms with van der Waals surface area (Å²) in [6.45, 7) is 0. The Morgan fingerprint density at radius 3 is 2.60 bits per heavy atom. The van der Waals surface area contributed by atoms with Crippen molar-refractivity contribution in [2.45, 2.75) is 9.79 Å². The van der Waals surface area contributed by atoms with E-state index in [1.54, 1.807) is 12.4 Å². The molecule has 4 nitrogen and oxygen atoms in total. The molecule has 1 N–H and O–H groups in total. The van der Waals surface area contributed by atoms with Crippen molar-refractivity contribution in [3.8, 4) is 0 Å². The van der Waals surface area contributed by atoms with Gasteiger partial charge in [-0.05, 0) is 36.4 Å². The zero-order valence-corrected chi connectivity index (χ0v) is 15.8. The van der Waals surface area contributed by atoms with E-state index in [1.165, 1.54) is 23.1 Å². The molecule has 0 radical (unpaired) electrons. The number of hydrogen-bond acceptors (Lipinski definition) is 6. The maximum Gasteiger partial charge on any atom is 0.190 e. The summed E-state index contributed by atoms with van der Waals surface area (Å²) < 4.78 is 0. The number of fused-ring (bicyclic) bond motifs is 1. The number of benzene rings is 1. The lowest BCUT2D eigenvalue weighted by Crippen LogP contribution is -1.92. The highest BCUT2D eigenvalue weighted by molar-refractivity contribution is 7.99. The lowest BCUT2D eigenvalue weighted by molar-refractivity contribution is 1.24. The van der Waals surface area contributed by atoms with Crippen LogP contribution in [0.2, 0.25) is 10.0 Å². The molecule has 0 fully saturated rings. The molecular formula is C17H10Cl2N4S2. The second-order valence-electron chi connectivity index (χ2n) is 5.00. The minimum absolute atomic E-state index is 0.626. The van der Waals surface area contributed by atoms with E-state index in [1.807, 2.05) is 42.5 Å². The van der Waals surface area contributed by atoms with E-state index in [0.717, 1.165) is 25.3 Å². The van der Waals surface area contributed by atoms with Gasteiger partial charge in [0, 0.05) is 22.2 Å². The van der Waals surface area contributed by atoms with Gasteiger partial charge in [-0.15, -0.1) is 0 Å². The maximum atomic E-state index is 6.24. The molecule has 4 aromatic rings. The molecule has 0 atom stereocenters. The number of nitrogens with zero attached hydrogens (tertiary/aromatic N) is 3. The Labute approximate surface area is 162 Å². The minimum Gasteiger partial charge on any atom is -0.316 e. The number of rotatable bonds is 4. The van der Waals surface area contributed by atoms with Crippen LogP contribution in [0.1, 0.15) is 0 Å². The first-order valence-corrected chi connectivity index (χ1v) is 9.64. The fourth-order valence-corrected chi connectivity index (χ4v) is 4.48. The predicted molar refractivity (Wildman–Crippen MR) is 106 cm³/mol. The first-order chi connectivity index (χ1) is 12.2. The summed E-state index contributed by atoms with van der Waals surface area (Å²) in [5.74, 6) is 0.701. The van der Waals surface area contributed by atoms with Crippen molar-refractivity contribution in [3.63, 3.8) is 0 Å². The first-order valence-electron chi connectivity index (χ1n) is 7.25. The molecule has 0 aliphatic rings. The van der Waals surface area contributed by atoms with Gasteiger partial charge in [0.2, 0.25) is 0 Å². The normalized spacial score (nSPS) is 11.0. The molecule has 0 unspecified atom stereocenters. The highest BCUT2D eigenvalue weighted by Crippen LogP contribution is 2.39. The molecule has 0 bridgehead atoms. The third kappa shape index (κ3) is 3.72. The van der Waals surface area contributed by atoms with Crippen LogP contribution < -0.4 is 5.32 Å². The summed E-state index contributed by atoms with van der Waals surface area (Å²) in [4.78, 5) is 15.8. The van der Waals surface area contributed by atoms with Gasteiger partial charge in [0.05, 0.1) is 10.0 Å². The van der Waals surface area contributed by atoms with E-state index in [0.29, 0.717) is 15.9 Å². The number of hydrogen-bond donors (Lipinski definition) is 1. The summed E-state index contributed by atoms with van der Waals surface area (Å²) in [5, 5.41) is 5.23. The maximum absolute atomic E-state index is 6.24. The van der Waals surface area contributed by atoms with Crippen molar-refractivity contribution in [1.29, 1.82) is 0 Å². The topological polar surface area (TPSA) is 50.7 Å². The first kappa shape index (κ1) is 16.6. The molecule has 0 aliphatic carbocycles. The molecule has 0 aliphatic heterocycles. The van der Waals surface area contributed by atoms with Crippen LogP contribution in [0.4, 0.5) is 10.9 Å². The Bertz CT molecular complexity index is 998. The third-order valence-electron chi connectivity index (χ3n) is 3.27. The van der Waals surface area contributed by atoms with Gasteiger partial charge in [-0.3, -0.25) is 0 Å². The van der Waals surface area contributed by atoms with Gasteiger partial charge in [-0.1, -0.05) is 52.4 Å². The summed E-state index contributed by atoms with van der Waals surface area (Å²) in [6, 6.07) is 13.1. The van der Waals surface area contributed by atoms with E-state index in [2.05, 4.69) is 20.3 Å². The van der Waals surface area contributed by atoms with Crippen LogP contribution >= 0.6 is 46.3 Å². The second kappa shape index (κ2) is 7.17. The van der Waals surface area contributed by atoms with E-state index in [-0.39, 0.29) is 0 Å². The molecule has 1 aromatic carbocycles. The van der Waals surface area contributed by atoms with Gasteiger partial charge < -0.3 is 5.32 Å². The number of aromatic nitrogens is 3. The number of anilines is 2. The van der Waals surface area contributed by atoms with Gasteiger partial charge in [0.15, 0.2) is 5.13 Å². The van der Waals surface area contributed by atoms with Gasteiger partial charge in [0.1, 0.15) is 16.2 Å². The lowest BCUT2D eigenvalue weighted by atomic mass is 10.4. The SMILES string of the molecule is Clc1cccc(Cl)c1Sc1ccnc(Nc2nc3cccnc3s2)c1. The van der Waals surface area contributed by atoms with Crippen molar-refractivity contribution >= 4 is 67.6 Å². The monoisotopic (exact) mass is 404 g/mol. The molecule has 124 valence electrons. The van der Waals surface area contributed by atoms with Crippen LogP contribution in [0.15, 0.2) is 64.6 Å². The van der Waals surface area contributed by atoms with Gasteiger partial charge in [0.25, 0.3) is 0 Å². The van der Waals surface area contributed by atoms with Crippen LogP contribution in [-0.2, 0) is 0 Å². The average Bonchev–Trinajstić information content (AvgIpc) is 3.01. The Kier molecular flexibility index (Phi) is 4.76. The molecule has 4 rings (SSSR count). The van der Waals surface area contributed by atoms with Crippen LogP contribution in [0.5, 0.6) is 0 Å². The zero-order chi connectivity index (χ0) is 17.2. The van der Waals surface area contributed by atoms with Crippen LogP contribution in [-0.4, -0.2) is 15.0 Å². The summed E-state index contributed by atoms with van der Waals surface area (Å²) in [5.41, 5.74) is 0.864. The van der Waals surface area contributed by atoms with Crippen molar-refractivity contribution in [2.24, 2.45) is 0 Å². The second-order valence-corrected chi connectivity index (χ2v) is 7.88. The fourth-order valence-electron chi connectivity index (χ4n) is 2.17. The summed E-state index contributed by atoms with van der Waals surface area (Å²) >= 11 is 15.5. The Hall–Kier alpha value is -1.86. The molecule has 8 heteroatoms. The van der Waals surface area contributed by atoms with Crippen molar-refractivity contribution in [2.75, 3.05) is 5.32 Å². The van der Waals surface area contributed by atoms with Crippen molar-refractivity contribution in [3.05, 3.63) is 64.9 Å². The lowest BCUT2D eigenvalue weighted by Gasteiger charge is -2.08. The van der Waals surface area contributed by atoms with E-state index in [9.17, 15) is 0 Å². The Morgan fingerprint density at radius 1 is 0.960 bits per heavy atom. The average molecular weight is 405 g/mol. The molecule has 25 heavy (non-hydrogen) atoms. The molecular weight excluding hydrogens is 395 g/mol. The molecule has 0 saturated carbocycles. The fraction of sp³-hybridized carbons (Fsp3) is 0. The van der Waals surface area contributed by atoms with Crippen molar-refractivity contribution < 1.29 is 0 Å². The van der Waals surface area contributed by atoms with Crippen molar-refractivity contribution in [1.82, 2.24) is 15.0 Å². The molecule has 0 spiro atoms. The molecule has 3 heterocycles. The largest absolute Gasteiger partial charge is 0.316 e. The molecule has 0 saturated heterocycles. The predicted octanol–water partition coefficient (Wildman–Crippen LogP) is 6.29. The van der Waals surface area contributed by atoms with Crippen LogP contribution in [0, 0.1) is 0 Å². The van der Waals surface area contributed by atoms with E-state index >= 15 is 0 Å². The highest BCUT2D eigenvalue weighted by atomic mass is 35.5. The number of halogens is 2. The number of pyridine rings is 2. The summed E-state index contributed by atoms with van der Waals surface area (Å²) in [6.07, 6.45) is 3.49. The Morgan fingerprint density at radius 2 is 1.80 bits per heavy atom. The van der Waals surface area contributed by atoms with Gasteiger partial charge in [-0.2, -0.15) is 0 Å².